The van der Waals surface area contributed by atoms with Crippen molar-refractivity contribution < 1.29 is 24.2 Å². The van der Waals surface area contributed by atoms with Gasteiger partial charge in [0, 0.05) is 19.0 Å². The number of alkyl carbamates (subject to hydrolysis) is 1. The molecule has 5 rings (SSSR count). The first-order chi connectivity index (χ1) is 16.5. The number of amides is 2. The molecule has 2 aromatic rings. The van der Waals surface area contributed by atoms with E-state index < -0.39 is 17.6 Å². The van der Waals surface area contributed by atoms with E-state index in [0.717, 1.165) is 41.5 Å². The molecule has 0 saturated heterocycles. The zero-order valence-corrected chi connectivity index (χ0v) is 19.2. The van der Waals surface area contributed by atoms with Crippen molar-refractivity contribution >= 4 is 18.0 Å². The Kier molecular flexibility index (Phi) is 6.02. The van der Waals surface area contributed by atoms with Crippen LogP contribution in [-0.4, -0.2) is 53.2 Å². The van der Waals surface area contributed by atoms with Gasteiger partial charge in [-0.15, -0.1) is 0 Å². The van der Waals surface area contributed by atoms with E-state index in [0.29, 0.717) is 25.3 Å². The van der Waals surface area contributed by atoms with Crippen LogP contribution in [0.25, 0.3) is 11.1 Å². The maximum absolute atomic E-state index is 13.4. The first-order valence-electron chi connectivity index (χ1n) is 12.1. The maximum atomic E-state index is 13.4. The number of carboxylic acid groups (broad SMARTS) is 1. The van der Waals surface area contributed by atoms with E-state index in [-0.39, 0.29) is 31.4 Å². The van der Waals surface area contributed by atoms with Crippen LogP contribution >= 0.6 is 0 Å². The Hall–Kier alpha value is -3.35. The molecule has 2 aromatic carbocycles. The number of hydrogen-bond donors (Lipinski definition) is 2. The molecule has 0 bridgehead atoms. The fourth-order valence-electron chi connectivity index (χ4n) is 5.17. The third-order valence-electron chi connectivity index (χ3n) is 7.36. The molecule has 2 N–H and O–H groups in total. The number of nitrogens with zero attached hydrogens (tertiary/aromatic N) is 1. The molecule has 7 heteroatoms. The van der Waals surface area contributed by atoms with E-state index >= 15 is 0 Å². The normalized spacial score (nSPS) is 17.8. The van der Waals surface area contributed by atoms with Crippen molar-refractivity contribution in [1.29, 1.82) is 0 Å². The summed E-state index contributed by atoms with van der Waals surface area (Å²) < 4.78 is 5.68. The fourth-order valence-corrected chi connectivity index (χ4v) is 5.17. The Morgan fingerprint density at radius 1 is 1.00 bits per heavy atom. The Labute approximate surface area is 199 Å². The van der Waals surface area contributed by atoms with Gasteiger partial charge in [-0.1, -0.05) is 48.5 Å². The second kappa shape index (κ2) is 9.12. The van der Waals surface area contributed by atoms with Crippen molar-refractivity contribution in [3.63, 3.8) is 0 Å². The lowest BCUT2D eigenvalue weighted by Gasteiger charge is -2.43. The first kappa shape index (κ1) is 22.4. The van der Waals surface area contributed by atoms with Gasteiger partial charge in [0.25, 0.3) is 0 Å². The lowest BCUT2D eigenvalue weighted by Crippen LogP contribution is -2.64. The number of carbonyl (C=O) groups excluding carboxylic acids is 2. The van der Waals surface area contributed by atoms with Crippen LogP contribution in [0.2, 0.25) is 0 Å². The van der Waals surface area contributed by atoms with Gasteiger partial charge in [0.2, 0.25) is 5.91 Å². The standard InChI is InChI=1S/C27H30N2O5/c30-24(31)12-15-29(16-18-10-11-18)25(32)27(13-5-14-27)28-26(33)34-17-23-21-8-3-1-6-19(21)20-7-2-4-9-22(20)23/h1-4,6-9,18,23H,5,10-17H2,(H,28,33)(H,30,31). The second-order valence-corrected chi connectivity index (χ2v) is 9.72. The molecule has 0 heterocycles. The van der Waals surface area contributed by atoms with E-state index in [1.54, 1.807) is 4.90 Å². The molecule has 2 saturated carbocycles. The number of rotatable bonds is 9. The summed E-state index contributed by atoms with van der Waals surface area (Å²) in [6.07, 6.45) is 3.35. The summed E-state index contributed by atoms with van der Waals surface area (Å²) in [5.74, 6) is -0.724. The maximum Gasteiger partial charge on any atom is 0.408 e. The average molecular weight is 463 g/mol. The average Bonchev–Trinajstić information content (AvgIpc) is 3.58. The van der Waals surface area contributed by atoms with Gasteiger partial charge in [-0.25, -0.2) is 4.79 Å². The third kappa shape index (κ3) is 4.39. The van der Waals surface area contributed by atoms with Gasteiger partial charge in [-0.2, -0.15) is 0 Å². The van der Waals surface area contributed by atoms with Crippen molar-refractivity contribution in [3.8, 4) is 11.1 Å². The molecule has 0 radical (unpaired) electrons. The van der Waals surface area contributed by atoms with Crippen molar-refractivity contribution in [1.82, 2.24) is 10.2 Å². The zero-order chi connectivity index (χ0) is 23.7. The molecule has 0 aromatic heterocycles. The SMILES string of the molecule is O=C(O)CCN(CC1CC1)C(=O)C1(NC(=O)OCC2c3ccccc3-c3ccccc32)CCC1. The highest BCUT2D eigenvalue weighted by Crippen LogP contribution is 2.44. The van der Waals surface area contributed by atoms with E-state index in [4.69, 9.17) is 9.84 Å². The summed E-state index contributed by atoms with van der Waals surface area (Å²) in [4.78, 5) is 39.0. The minimum atomic E-state index is -0.990. The number of hydrogen-bond acceptors (Lipinski definition) is 4. The number of carboxylic acids is 1. The van der Waals surface area contributed by atoms with Crippen molar-refractivity contribution in [2.45, 2.75) is 50.0 Å². The van der Waals surface area contributed by atoms with Gasteiger partial charge >= 0.3 is 12.1 Å². The van der Waals surface area contributed by atoms with Crippen molar-refractivity contribution in [3.05, 3.63) is 59.7 Å². The molecule has 0 unspecified atom stereocenters. The topological polar surface area (TPSA) is 95.9 Å². The summed E-state index contributed by atoms with van der Waals surface area (Å²) in [6, 6.07) is 16.3. The highest BCUT2D eigenvalue weighted by atomic mass is 16.5. The number of fused-ring (bicyclic) bond motifs is 3. The minimum absolute atomic E-state index is 0.0480. The Balaban J connectivity index is 1.25. The smallest absolute Gasteiger partial charge is 0.408 e. The van der Waals surface area contributed by atoms with E-state index in [1.807, 2.05) is 24.3 Å². The van der Waals surface area contributed by atoms with Gasteiger partial charge in [-0.3, -0.25) is 9.59 Å². The van der Waals surface area contributed by atoms with E-state index in [9.17, 15) is 14.4 Å². The Morgan fingerprint density at radius 2 is 1.62 bits per heavy atom. The monoisotopic (exact) mass is 462 g/mol. The lowest BCUT2D eigenvalue weighted by atomic mass is 9.75. The van der Waals surface area contributed by atoms with Crippen molar-refractivity contribution in [2.24, 2.45) is 5.92 Å². The highest BCUT2D eigenvalue weighted by Gasteiger charge is 2.48. The highest BCUT2D eigenvalue weighted by molar-refractivity contribution is 5.91. The molecular weight excluding hydrogens is 432 g/mol. The van der Waals surface area contributed by atoms with Crippen LogP contribution in [0.4, 0.5) is 4.79 Å². The first-order valence-corrected chi connectivity index (χ1v) is 12.1. The predicted molar refractivity (Wildman–Crippen MR) is 126 cm³/mol. The van der Waals surface area contributed by atoms with Crippen molar-refractivity contribution in [2.75, 3.05) is 19.7 Å². The number of benzene rings is 2. The fraction of sp³-hybridized carbons (Fsp3) is 0.444. The lowest BCUT2D eigenvalue weighted by molar-refractivity contribution is -0.144. The molecule has 34 heavy (non-hydrogen) atoms. The van der Waals surface area contributed by atoms with Crippen LogP contribution in [-0.2, 0) is 14.3 Å². The van der Waals surface area contributed by atoms with Gasteiger partial charge in [0.05, 0.1) is 6.42 Å². The predicted octanol–water partition coefficient (Wildman–Crippen LogP) is 4.16. The molecule has 178 valence electrons. The second-order valence-electron chi connectivity index (χ2n) is 9.72. The van der Waals surface area contributed by atoms with E-state index in [2.05, 4.69) is 29.6 Å². The summed E-state index contributed by atoms with van der Waals surface area (Å²) in [5.41, 5.74) is 3.60. The zero-order valence-electron chi connectivity index (χ0n) is 19.2. The number of aliphatic carboxylic acids is 1. The van der Waals surface area contributed by atoms with Crippen LogP contribution in [0.5, 0.6) is 0 Å². The molecule has 7 nitrogen and oxygen atoms in total. The molecule has 0 atom stereocenters. The largest absolute Gasteiger partial charge is 0.481 e. The summed E-state index contributed by atoms with van der Waals surface area (Å²) in [7, 11) is 0. The third-order valence-corrected chi connectivity index (χ3v) is 7.36. The van der Waals surface area contributed by atoms with Crippen LogP contribution in [0.3, 0.4) is 0 Å². The number of nitrogens with one attached hydrogen (secondary N) is 1. The van der Waals surface area contributed by atoms with Gasteiger partial charge in [0.15, 0.2) is 0 Å². The number of carbonyl (C=O) groups is 3. The van der Waals surface area contributed by atoms with Gasteiger partial charge < -0.3 is 20.1 Å². The molecule has 2 fully saturated rings. The van der Waals surface area contributed by atoms with Crippen LogP contribution in [0.15, 0.2) is 48.5 Å². The van der Waals surface area contributed by atoms with Crippen LogP contribution in [0, 0.1) is 5.92 Å². The molecule has 3 aliphatic carbocycles. The molecule has 2 amide bonds. The minimum Gasteiger partial charge on any atom is -0.481 e. The van der Waals surface area contributed by atoms with Gasteiger partial charge in [-0.05, 0) is 60.3 Å². The molecule has 0 spiro atoms. The Bertz CT molecular complexity index is 1060. The van der Waals surface area contributed by atoms with Crippen LogP contribution in [0.1, 0.15) is 55.6 Å². The molecular formula is C27H30N2O5. The quantitative estimate of drug-likeness (QED) is 0.583. The Morgan fingerprint density at radius 3 is 2.15 bits per heavy atom. The van der Waals surface area contributed by atoms with E-state index in [1.165, 1.54) is 0 Å². The molecule has 0 aliphatic heterocycles. The van der Waals surface area contributed by atoms with Gasteiger partial charge in [0.1, 0.15) is 12.1 Å². The molecule has 3 aliphatic rings. The summed E-state index contributed by atoms with van der Waals surface area (Å²) in [5, 5.41) is 12.0. The summed E-state index contributed by atoms with van der Waals surface area (Å²) in [6.45, 7) is 0.911. The summed E-state index contributed by atoms with van der Waals surface area (Å²) >= 11 is 0. The number of ether oxygens (including phenoxy) is 1. The van der Waals surface area contributed by atoms with Crippen LogP contribution < -0.4 is 5.32 Å².